The van der Waals surface area contributed by atoms with Crippen molar-refractivity contribution in [2.75, 3.05) is 11.1 Å². The molecule has 0 saturated carbocycles. The van der Waals surface area contributed by atoms with E-state index in [0.717, 1.165) is 28.1 Å². The SMILES string of the molecule is Cc1ccc(C)c(NC(=O)CSc2nnc(-c3ccc(F)cc3)n2-c2ccccc2)c1. The molecule has 4 aromatic rings. The standard InChI is InChI=1S/C24H21FN4OS/c1-16-8-9-17(2)21(14-16)26-22(30)15-31-24-28-27-23(18-10-12-19(25)13-11-18)29(24)20-6-4-3-5-7-20/h3-14H,15H2,1-2H3,(H,26,30). The first-order valence-electron chi connectivity index (χ1n) is 9.78. The molecule has 0 saturated heterocycles. The number of halogens is 1. The van der Waals surface area contributed by atoms with E-state index in [0.29, 0.717) is 11.0 Å². The summed E-state index contributed by atoms with van der Waals surface area (Å²) in [7, 11) is 0. The number of amides is 1. The molecule has 1 aromatic heterocycles. The van der Waals surface area contributed by atoms with Crippen LogP contribution in [-0.2, 0) is 4.79 Å². The van der Waals surface area contributed by atoms with Gasteiger partial charge >= 0.3 is 0 Å². The molecule has 1 amide bonds. The number of aryl methyl sites for hydroxylation is 2. The average molecular weight is 433 g/mol. The number of hydrogen-bond donors (Lipinski definition) is 1. The predicted octanol–water partition coefficient (Wildman–Crippen LogP) is 5.42. The highest BCUT2D eigenvalue weighted by atomic mass is 32.2. The van der Waals surface area contributed by atoms with Gasteiger partial charge in [-0.3, -0.25) is 9.36 Å². The maximum absolute atomic E-state index is 13.4. The molecule has 4 rings (SSSR count). The van der Waals surface area contributed by atoms with Crippen LogP contribution in [0.25, 0.3) is 17.1 Å². The minimum Gasteiger partial charge on any atom is -0.325 e. The molecule has 156 valence electrons. The average Bonchev–Trinajstić information content (AvgIpc) is 3.20. The quantitative estimate of drug-likeness (QED) is 0.413. The van der Waals surface area contributed by atoms with Gasteiger partial charge in [0.25, 0.3) is 0 Å². The molecule has 0 bridgehead atoms. The normalized spacial score (nSPS) is 10.8. The topological polar surface area (TPSA) is 59.8 Å². The Hall–Kier alpha value is -3.45. The molecule has 0 aliphatic carbocycles. The van der Waals surface area contributed by atoms with Crippen LogP contribution in [0.4, 0.5) is 10.1 Å². The number of nitrogens with one attached hydrogen (secondary N) is 1. The van der Waals surface area contributed by atoms with Gasteiger partial charge in [-0.1, -0.05) is 42.1 Å². The molecule has 7 heteroatoms. The van der Waals surface area contributed by atoms with Gasteiger partial charge in [0.2, 0.25) is 5.91 Å². The van der Waals surface area contributed by atoms with Gasteiger partial charge < -0.3 is 5.32 Å². The van der Waals surface area contributed by atoms with Crippen molar-refractivity contribution in [1.29, 1.82) is 0 Å². The number of benzene rings is 3. The molecular weight excluding hydrogens is 411 g/mol. The highest BCUT2D eigenvalue weighted by Crippen LogP contribution is 2.28. The van der Waals surface area contributed by atoms with E-state index in [1.165, 1.54) is 23.9 Å². The Morgan fingerprint density at radius 1 is 1.00 bits per heavy atom. The van der Waals surface area contributed by atoms with Crippen LogP contribution in [0.1, 0.15) is 11.1 Å². The van der Waals surface area contributed by atoms with E-state index < -0.39 is 0 Å². The second-order valence-electron chi connectivity index (χ2n) is 7.14. The summed E-state index contributed by atoms with van der Waals surface area (Å²) in [5, 5.41) is 12.2. The highest BCUT2D eigenvalue weighted by Gasteiger charge is 2.17. The van der Waals surface area contributed by atoms with Crippen molar-refractivity contribution < 1.29 is 9.18 Å². The lowest BCUT2D eigenvalue weighted by Crippen LogP contribution is -2.15. The molecule has 0 aliphatic rings. The lowest BCUT2D eigenvalue weighted by atomic mass is 10.1. The molecule has 1 N–H and O–H groups in total. The third-order valence-electron chi connectivity index (χ3n) is 4.75. The van der Waals surface area contributed by atoms with Crippen molar-refractivity contribution in [2.45, 2.75) is 19.0 Å². The first-order valence-corrected chi connectivity index (χ1v) is 10.8. The Labute approximate surface area is 184 Å². The van der Waals surface area contributed by atoms with E-state index in [1.54, 1.807) is 12.1 Å². The fourth-order valence-corrected chi connectivity index (χ4v) is 3.90. The van der Waals surface area contributed by atoms with E-state index in [2.05, 4.69) is 15.5 Å². The van der Waals surface area contributed by atoms with E-state index in [1.807, 2.05) is 66.9 Å². The highest BCUT2D eigenvalue weighted by molar-refractivity contribution is 7.99. The summed E-state index contributed by atoms with van der Waals surface area (Å²) in [4.78, 5) is 12.6. The number of carbonyl (C=O) groups excluding carboxylic acids is 1. The molecule has 31 heavy (non-hydrogen) atoms. The number of carbonyl (C=O) groups is 1. The molecule has 0 fully saturated rings. The van der Waals surface area contributed by atoms with Gasteiger partial charge in [-0.2, -0.15) is 0 Å². The van der Waals surface area contributed by atoms with Gasteiger partial charge in [-0.15, -0.1) is 10.2 Å². The first kappa shape index (κ1) is 20.8. The Bertz CT molecular complexity index is 1210. The third-order valence-corrected chi connectivity index (χ3v) is 5.68. The monoisotopic (exact) mass is 432 g/mol. The molecule has 3 aromatic carbocycles. The Morgan fingerprint density at radius 2 is 1.74 bits per heavy atom. The van der Waals surface area contributed by atoms with Gasteiger partial charge in [-0.05, 0) is 67.4 Å². The van der Waals surface area contributed by atoms with Crippen LogP contribution in [0.3, 0.4) is 0 Å². The maximum Gasteiger partial charge on any atom is 0.234 e. The van der Waals surface area contributed by atoms with Crippen molar-refractivity contribution in [1.82, 2.24) is 14.8 Å². The van der Waals surface area contributed by atoms with Crippen molar-refractivity contribution in [3.8, 4) is 17.1 Å². The molecule has 1 heterocycles. The number of hydrogen-bond acceptors (Lipinski definition) is 4. The lowest BCUT2D eigenvalue weighted by molar-refractivity contribution is -0.113. The maximum atomic E-state index is 13.4. The molecule has 0 aliphatic heterocycles. The minimum atomic E-state index is -0.313. The summed E-state index contributed by atoms with van der Waals surface area (Å²) in [5.41, 5.74) is 4.51. The van der Waals surface area contributed by atoms with Gasteiger partial charge in [-0.25, -0.2) is 4.39 Å². The van der Waals surface area contributed by atoms with Crippen LogP contribution in [-0.4, -0.2) is 26.4 Å². The largest absolute Gasteiger partial charge is 0.325 e. The zero-order valence-electron chi connectivity index (χ0n) is 17.2. The van der Waals surface area contributed by atoms with E-state index in [9.17, 15) is 9.18 Å². The van der Waals surface area contributed by atoms with Gasteiger partial charge in [0.1, 0.15) is 5.82 Å². The number of rotatable bonds is 6. The van der Waals surface area contributed by atoms with Crippen LogP contribution >= 0.6 is 11.8 Å². The smallest absolute Gasteiger partial charge is 0.234 e. The summed E-state index contributed by atoms with van der Waals surface area (Å²) in [6, 6.07) is 21.7. The van der Waals surface area contributed by atoms with Crippen LogP contribution in [0.5, 0.6) is 0 Å². The Kier molecular flexibility index (Phi) is 6.13. The van der Waals surface area contributed by atoms with Crippen LogP contribution < -0.4 is 5.32 Å². The summed E-state index contributed by atoms with van der Waals surface area (Å²) < 4.78 is 15.3. The first-order chi connectivity index (χ1) is 15.0. The molecule has 0 atom stereocenters. The third kappa shape index (κ3) is 4.83. The predicted molar refractivity (Wildman–Crippen MR) is 122 cm³/mol. The molecular formula is C24H21FN4OS. The van der Waals surface area contributed by atoms with Crippen LogP contribution in [0.2, 0.25) is 0 Å². The zero-order chi connectivity index (χ0) is 21.8. The van der Waals surface area contributed by atoms with E-state index in [-0.39, 0.29) is 17.5 Å². The number of aromatic nitrogens is 3. The number of para-hydroxylation sites is 1. The van der Waals surface area contributed by atoms with Crippen molar-refractivity contribution in [3.05, 3.63) is 89.7 Å². The molecule has 5 nitrogen and oxygen atoms in total. The Morgan fingerprint density at radius 3 is 2.48 bits per heavy atom. The zero-order valence-corrected chi connectivity index (χ0v) is 18.0. The van der Waals surface area contributed by atoms with Gasteiger partial charge in [0, 0.05) is 16.9 Å². The molecule has 0 unspecified atom stereocenters. The molecule has 0 spiro atoms. The number of thioether (sulfide) groups is 1. The minimum absolute atomic E-state index is 0.121. The van der Waals surface area contributed by atoms with Crippen molar-refractivity contribution in [3.63, 3.8) is 0 Å². The summed E-state index contributed by atoms with van der Waals surface area (Å²) in [6.45, 7) is 3.95. The fraction of sp³-hybridized carbons (Fsp3) is 0.125. The van der Waals surface area contributed by atoms with Gasteiger partial charge in [0.05, 0.1) is 5.75 Å². The van der Waals surface area contributed by atoms with Gasteiger partial charge in [0.15, 0.2) is 11.0 Å². The number of anilines is 1. The summed E-state index contributed by atoms with van der Waals surface area (Å²) >= 11 is 1.30. The van der Waals surface area contributed by atoms with Crippen LogP contribution in [0, 0.1) is 19.7 Å². The Balaban J connectivity index is 1.59. The van der Waals surface area contributed by atoms with E-state index in [4.69, 9.17) is 0 Å². The van der Waals surface area contributed by atoms with Crippen LogP contribution in [0.15, 0.2) is 78.0 Å². The number of nitrogens with zero attached hydrogens (tertiary/aromatic N) is 3. The second-order valence-corrected chi connectivity index (χ2v) is 8.08. The van der Waals surface area contributed by atoms with Crippen molar-refractivity contribution in [2.24, 2.45) is 0 Å². The van der Waals surface area contributed by atoms with E-state index >= 15 is 0 Å². The molecule has 0 radical (unpaired) electrons. The van der Waals surface area contributed by atoms with Crippen molar-refractivity contribution >= 4 is 23.4 Å². The lowest BCUT2D eigenvalue weighted by Gasteiger charge is -2.11. The summed E-state index contributed by atoms with van der Waals surface area (Å²) in [6.07, 6.45) is 0. The summed E-state index contributed by atoms with van der Waals surface area (Å²) in [5.74, 6) is 0.336. The fourth-order valence-electron chi connectivity index (χ4n) is 3.15. The second kappa shape index (κ2) is 9.14.